The summed E-state index contributed by atoms with van der Waals surface area (Å²) in [4.78, 5) is 0. The first kappa shape index (κ1) is 13.2. The molecule has 1 rings (SSSR count). The fourth-order valence-electron chi connectivity index (χ4n) is 1.83. The van der Waals surface area contributed by atoms with Gasteiger partial charge in [-0.05, 0) is 36.9 Å². The molecule has 0 aromatic heterocycles. The van der Waals surface area contributed by atoms with Crippen molar-refractivity contribution in [3.63, 3.8) is 0 Å². The molecule has 0 aliphatic carbocycles. The second-order valence-electron chi connectivity index (χ2n) is 4.25. The van der Waals surface area contributed by atoms with Crippen molar-refractivity contribution in [1.29, 1.82) is 0 Å². The Morgan fingerprint density at radius 1 is 1.06 bits per heavy atom. The van der Waals surface area contributed by atoms with Crippen molar-refractivity contribution in [2.75, 3.05) is 6.54 Å². The molecule has 2 nitrogen and oxygen atoms in total. The maximum Gasteiger partial charge on any atom is 0.0208 e. The van der Waals surface area contributed by atoms with Crippen LogP contribution in [0.2, 0.25) is 0 Å². The minimum atomic E-state index is 0.642. The monoisotopic (exact) mass is 220 g/mol. The molecule has 0 amide bonds. The molecule has 1 aromatic rings. The first-order chi connectivity index (χ1) is 7.80. The maximum absolute atomic E-state index is 5.52. The Balaban J connectivity index is 2.42. The third kappa shape index (κ3) is 4.33. The lowest BCUT2D eigenvalue weighted by Crippen LogP contribution is -2.26. The van der Waals surface area contributed by atoms with Crippen LogP contribution in [0.15, 0.2) is 24.3 Å². The van der Waals surface area contributed by atoms with Crippen molar-refractivity contribution in [3.8, 4) is 0 Å². The molecule has 0 saturated carbocycles. The van der Waals surface area contributed by atoms with Crippen LogP contribution >= 0.6 is 0 Å². The van der Waals surface area contributed by atoms with E-state index in [0.29, 0.717) is 6.04 Å². The lowest BCUT2D eigenvalue weighted by Gasteiger charge is -2.14. The Labute approximate surface area is 99.2 Å². The van der Waals surface area contributed by atoms with Gasteiger partial charge >= 0.3 is 0 Å². The minimum Gasteiger partial charge on any atom is -0.330 e. The summed E-state index contributed by atoms with van der Waals surface area (Å²) in [5, 5.41) is 3.56. The zero-order valence-electron chi connectivity index (χ0n) is 10.5. The molecule has 2 heteroatoms. The predicted molar refractivity (Wildman–Crippen MR) is 70.4 cm³/mol. The third-order valence-corrected chi connectivity index (χ3v) is 3.04. The SMILES string of the molecule is CCC(CC)NCc1ccc(CCN)cc1. The van der Waals surface area contributed by atoms with Crippen LogP contribution in [-0.4, -0.2) is 12.6 Å². The van der Waals surface area contributed by atoms with Gasteiger partial charge in [0.05, 0.1) is 0 Å². The number of benzene rings is 1. The Morgan fingerprint density at radius 3 is 2.12 bits per heavy atom. The van der Waals surface area contributed by atoms with E-state index in [9.17, 15) is 0 Å². The van der Waals surface area contributed by atoms with Gasteiger partial charge in [0, 0.05) is 12.6 Å². The molecule has 0 unspecified atom stereocenters. The number of nitrogens with one attached hydrogen (secondary N) is 1. The van der Waals surface area contributed by atoms with Gasteiger partial charge in [-0.25, -0.2) is 0 Å². The van der Waals surface area contributed by atoms with Gasteiger partial charge in [0.1, 0.15) is 0 Å². The van der Waals surface area contributed by atoms with E-state index in [1.54, 1.807) is 0 Å². The molecular formula is C14H24N2. The highest BCUT2D eigenvalue weighted by atomic mass is 14.9. The maximum atomic E-state index is 5.52. The molecule has 1 aromatic carbocycles. The van der Waals surface area contributed by atoms with Crippen LogP contribution < -0.4 is 11.1 Å². The molecule has 0 heterocycles. The van der Waals surface area contributed by atoms with Crippen molar-refractivity contribution >= 4 is 0 Å². The highest BCUT2D eigenvalue weighted by Gasteiger charge is 2.01. The molecule has 0 saturated heterocycles. The Bertz CT molecular complexity index is 275. The van der Waals surface area contributed by atoms with Crippen LogP contribution in [0, 0.1) is 0 Å². The zero-order valence-corrected chi connectivity index (χ0v) is 10.5. The van der Waals surface area contributed by atoms with Crippen LogP contribution in [0.5, 0.6) is 0 Å². The summed E-state index contributed by atoms with van der Waals surface area (Å²) in [7, 11) is 0. The summed E-state index contributed by atoms with van der Waals surface area (Å²) in [6.45, 7) is 6.15. The van der Waals surface area contributed by atoms with Crippen LogP contribution in [0.3, 0.4) is 0 Å². The fourth-order valence-corrected chi connectivity index (χ4v) is 1.83. The van der Waals surface area contributed by atoms with Gasteiger partial charge in [0.25, 0.3) is 0 Å². The normalized spacial score (nSPS) is 11.0. The fraction of sp³-hybridized carbons (Fsp3) is 0.571. The molecule has 90 valence electrons. The lowest BCUT2D eigenvalue weighted by molar-refractivity contribution is 0.484. The molecule has 0 aliphatic rings. The molecule has 0 atom stereocenters. The Kier molecular flexibility index (Phi) is 6.12. The standard InChI is InChI=1S/C14H24N2/c1-3-14(4-2)16-11-13-7-5-12(6-8-13)9-10-15/h5-8,14,16H,3-4,9-11,15H2,1-2H3. The van der Waals surface area contributed by atoms with E-state index in [-0.39, 0.29) is 0 Å². The largest absolute Gasteiger partial charge is 0.330 e. The smallest absolute Gasteiger partial charge is 0.0208 e. The first-order valence-corrected chi connectivity index (χ1v) is 6.31. The van der Waals surface area contributed by atoms with Crippen molar-refractivity contribution in [2.24, 2.45) is 5.73 Å². The van der Waals surface area contributed by atoms with E-state index >= 15 is 0 Å². The number of hydrogen-bond acceptors (Lipinski definition) is 2. The van der Waals surface area contributed by atoms with Gasteiger partial charge in [0.2, 0.25) is 0 Å². The van der Waals surface area contributed by atoms with Gasteiger partial charge in [-0.1, -0.05) is 38.1 Å². The van der Waals surface area contributed by atoms with E-state index in [1.807, 2.05) is 0 Å². The summed E-state index contributed by atoms with van der Waals surface area (Å²) in [6.07, 6.45) is 3.36. The summed E-state index contributed by atoms with van der Waals surface area (Å²) in [5.41, 5.74) is 8.20. The highest BCUT2D eigenvalue weighted by Crippen LogP contribution is 2.06. The second kappa shape index (κ2) is 7.42. The van der Waals surface area contributed by atoms with E-state index in [2.05, 4.69) is 43.4 Å². The molecule has 0 fully saturated rings. The molecule has 0 radical (unpaired) electrons. The Morgan fingerprint density at radius 2 is 1.62 bits per heavy atom. The molecule has 16 heavy (non-hydrogen) atoms. The van der Waals surface area contributed by atoms with Crippen LogP contribution in [0.25, 0.3) is 0 Å². The van der Waals surface area contributed by atoms with Crippen LogP contribution in [-0.2, 0) is 13.0 Å². The van der Waals surface area contributed by atoms with E-state index in [4.69, 9.17) is 5.73 Å². The van der Waals surface area contributed by atoms with Crippen molar-refractivity contribution in [1.82, 2.24) is 5.32 Å². The molecule has 0 bridgehead atoms. The Hall–Kier alpha value is -0.860. The molecule has 3 N–H and O–H groups in total. The quantitative estimate of drug-likeness (QED) is 0.741. The topological polar surface area (TPSA) is 38.0 Å². The van der Waals surface area contributed by atoms with Crippen LogP contribution in [0.1, 0.15) is 37.8 Å². The average molecular weight is 220 g/mol. The lowest BCUT2D eigenvalue weighted by atomic mass is 10.1. The third-order valence-electron chi connectivity index (χ3n) is 3.04. The molecule has 0 aliphatic heterocycles. The minimum absolute atomic E-state index is 0.642. The number of nitrogens with two attached hydrogens (primary N) is 1. The van der Waals surface area contributed by atoms with E-state index < -0.39 is 0 Å². The van der Waals surface area contributed by atoms with Gasteiger partial charge in [0.15, 0.2) is 0 Å². The summed E-state index contributed by atoms with van der Waals surface area (Å²) >= 11 is 0. The zero-order chi connectivity index (χ0) is 11.8. The molecular weight excluding hydrogens is 196 g/mol. The first-order valence-electron chi connectivity index (χ1n) is 6.31. The highest BCUT2D eigenvalue weighted by molar-refractivity contribution is 5.22. The molecule has 0 spiro atoms. The van der Waals surface area contributed by atoms with Crippen molar-refractivity contribution in [3.05, 3.63) is 35.4 Å². The number of hydrogen-bond donors (Lipinski definition) is 2. The summed E-state index contributed by atoms with van der Waals surface area (Å²) in [6, 6.07) is 9.39. The summed E-state index contributed by atoms with van der Waals surface area (Å²) < 4.78 is 0. The average Bonchev–Trinajstić information content (AvgIpc) is 2.33. The van der Waals surface area contributed by atoms with Gasteiger partial charge < -0.3 is 11.1 Å². The summed E-state index contributed by atoms with van der Waals surface area (Å²) in [5.74, 6) is 0. The number of rotatable bonds is 7. The van der Waals surface area contributed by atoms with Gasteiger partial charge in [-0.3, -0.25) is 0 Å². The predicted octanol–water partition coefficient (Wildman–Crippen LogP) is 2.47. The van der Waals surface area contributed by atoms with Crippen molar-refractivity contribution in [2.45, 2.75) is 45.7 Å². The van der Waals surface area contributed by atoms with Gasteiger partial charge in [-0.2, -0.15) is 0 Å². The van der Waals surface area contributed by atoms with Crippen molar-refractivity contribution < 1.29 is 0 Å². The van der Waals surface area contributed by atoms with E-state index in [1.165, 1.54) is 24.0 Å². The van der Waals surface area contributed by atoms with Crippen LogP contribution in [0.4, 0.5) is 0 Å². The second-order valence-corrected chi connectivity index (χ2v) is 4.25. The van der Waals surface area contributed by atoms with E-state index in [0.717, 1.165) is 19.5 Å². The van der Waals surface area contributed by atoms with Gasteiger partial charge in [-0.15, -0.1) is 0 Å².